The Morgan fingerprint density at radius 3 is 2.11 bits per heavy atom. The predicted octanol–water partition coefficient (Wildman–Crippen LogP) is 6.27. The molecule has 3 aromatic rings. The zero-order valence-electron chi connectivity index (χ0n) is 16.0. The number of halogens is 1. The second-order valence-corrected chi connectivity index (χ2v) is 8.64. The number of amides is 1. The largest absolute Gasteiger partial charge is 0.325 e. The maximum atomic E-state index is 13.6. The summed E-state index contributed by atoms with van der Waals surface area (Å²) in [5.74, 6) is 0.384. The molecule has 2 nitrogen and oxygen atoms in total. The fourth-order valence-corrected chi connectivity index (χ4v) is 5.37. The summed E-state index contributed by atoms with van der Waals surface area (Å²) in [5, 5.41) is 3.85. The number of fused-ring (bicyclic) bond motifs is 1. The fourth-order valence-electron chi connectivity index (χ4n) is 5.20. The monoisotopic (exact) mass is 387 g/mol. The van der Waals surface area contributed by atoms with Gasteiger partial charge in [-0.3, -0.25) is 4.79 Å². The van der Waals surface area contributed by atoms with Crippen molar-refractivity contribution < 1.29 is 4.79 Å². The minimum Gasteiger partial charge on any atom is -0.325 e. The minimum atomic E-state index is -0.512. The molecule has 3 aliphatic carbocycles. The molecule has 0 saturated heterocycles. The van der Waals surface area contributed by atoms with Crippen LogP contribution in [0.1, 0.15) is 53.0 Å². The molecule has 0 radical (unpaired) electrons. The summed E-state index contributed by atoms with van der Waals surface area (Å²) in [6.07, 6.45) is 0.817. The molecule has 0 unspecified atom stereocenters. The molecule has 2 bridgehead atoms. The second-order valence-electron chi connectivity index (χ2n) is 8.23. The molecule has 0 heterocycles. The fraction of sp³-hybridized carbons (Fsp3) is 0.240. The van der Waals surface area contributed by atoms with Gasteiger partial charge in [-0.2, -0.15) is 0 Å². The molecule has 3 heteroatoms. The summed E-state index contributed by atoms with van der Waals surface area (Å²) in [5.41, 5.74) is 6.51. The summed E-state index contributed by atoms with van der Waals surface area (Å²) in [4.78, 5) is 13.6. The van der Waals surface area contributed by atoms with Crippen LogP contribution in [-0.2, 0) is 4.79 Å². The Morgan fingerprint density at radius 2 is 1.50 bits per heavy atom. The zero-order valence-corrected chi connectivity index (χ0v) is 16.8. The zero-order chi connectivity index (χ0) is 19.5. The molecule has 0 aliphatic heterocycles. The van der Waals surface area contributed by atoms with E-state index in [1.165, 1.54) is 22.3 Å². The molecule has 1 N–H and O–H groups in total. The van der Waals surface area contributed by atoms with Crippen LogP contribution in [0.2, 0.25) is 5.02 Å². The number of benzene rings is 3. The lowest BCUT2D eigenvalue weighted by Crippen LogP contribution is -2.47. The van der Waals surface area contributed by atoms with Gasteiger partial charge in [0.2, 0.25) is 5.91 Å². The Hall–Kier alpha value is -2.58. The van der Waals surface area contributed by atoms with Gasteiger partial charge in [-0.15, -0.1) is 0 Å². The van der Waals surface area contributed by atoms with Gasteiger partial charge in [0.1, 0.15) is 0 Å². The first-order chi connectivity index (χ1) is 13.5. The van der Waals surface area contributed by atoms with Crippen molar-refractivity contribution in [1.82, 2.24) is 0 Å². The van der Waals surface area contributed by atoms with Crippen LogP contribution in [0.15, 0.2) is 66.7 Å². The Kier molecular flexibility index (Phi) is 3.89. The van der Waals surface area contributed by atoms with E-state index in [2.05, 4.69) is 60.8 Å². The summed E-state index contributed by atoms with van der Waals surface area (Å²) >= 11 is 6.26. The van der Waals surface area contributed by atoms with Gasteiger partial charge in [-0.05, 0) is 60.2 Å². The van der Waals surface area contributed by atoms with Gasteiger partial charge < -0.3 is 5.32 Å². The summed E-state index contributed by atoms with van der Waals surface area (Å²) in [6.45, 7) is 4.06. The normalized spacial score (nSPS) is 24.4. The minimum absolute atomic E-state index is 0.0596. The molecule has 6 rings (SSSR count). The molecule has 0 fully saturated rings. The third kappa shape index (κ3) is 2.37. The standard InChI is InChI=1S/C25H22ClNO/c1-15-21(26)12-7-13-22(15)27-24(28)25(2)14-20-16-8-3-5-10-18(16)23(25)19-11-6-4-9-17(19)20/h3-13,20,23H,14H2,1-2H3,(H,27,28)/t20?,23?,25-/m1/s1. The third-order valence-corrected chi connectivity index (χ3v) is 7.07. The highest BCUT2D eigenvalue weighted by Gasteiger charge is 2.53. The van der Waals surface area contributed by atoms with E-state index in [4.69, 9.17) is 11.6 Å². The van der Waals surface area contributed by atoms with Gasteiger partial charge in [-0.25, -0.2) is 0 Å². The predicted molar refractivity (Wildman–Crippen MR) is 114 cm³/mol. The first kappa shape index (κ1) is 17.5. The smallest absolute Gasteiger partial charge is 0.231 e. The molecule has 140 valence electrons. The van der Waals surface area contributed by atoms with Crippen LogP contribution in [0.4, 0.5) is 5.69 Å². The molecule has 0 aromatic heterocycles. The van der Waals surface area contributed by atoms with E-state index in [1.54, 1.807) is 0 Å². The number of carbonyl (C=O) groups excluding carboxylic acids is 1. The van der Waals surface area contributed by atoms with Crippen LogP contribution in [0.3, 0.4) is 0 Å². The first-order valence-corrected chi connectivity index (χ1v) is 10.1. The van der Waals surface area contributed by atoms with Crippen molar-refractivity contribution in [3.8, 4) is 0 Å². The van der Waals surface area contributed by atoms with Crippen molar-refractivity contribution in [3.05, 3.63) is 99.6 Å². The van der Waals surface area contributed by atoms with Gasteiger partial charge >= 0.3 is 0 Å². The number of nitrogens with one attached hydrogen (secondary N) is 1. The highest BCUT2D eigenvalue weighted by molar-refractivity contribution is 6.31. The van der Waals surface area contributed by atoms with Crippen LogP contribution < -0.4 is 5.32 Å². The second kappa shape index (κ2) is 6.22. The van der Waals surface area contributed by atoms with E-state index in [-0.39, 0.29) is 17.7 Å². The summed E-state index contributed by atoms with van der Waals surface area (Å²) in [7, 11) is 0. The lowest BCUT2D eigenvalue weighted by atomic mass is 9.52. The molecular formula is C25H22ClNO. The Balaban J connectivity index is 1.61. The number of carbonyl (C=O) groups is 1. The molecule has 1 atom stereocenters. The SMILES string of the molecule is Cc1c(Cl)cccc1NC(=O)[C@]1(C)CC2c3ccccc3C1c1ccccc12. The van der Waals surface area contributed by atoms with E-state index in [9.17, 15) is 4.79 Å². The van der Waals surface area contributed by atoms with Crippen molar-refractivity contribution in [2.45, 2.75) is 32.1 Å². The van der Waals surface area contributed by atoms with Crippen molar-refractivity contribution in [2.24, 2.45) is 5.41 Å². The van der Waals surface area contributed by atoms with Crippen LogP contribution in [0, 0.1) is 12.3 Å². The van der Waals surface area contributed by atoms with Gasteiger partial charge in [0.05, 0.1) is 5.41 Å². The van der Waals surface area contributed by atoms with Gasteiger partial charge in [0.25, 0.3) is 0 Å². The molecule has 1 amide bonds. The van der Waals surface area contributed by atoms with Gasteiger partial charge in [-0.1, -0.05) is 66.2 Å². The highest BCUT2D eigenvalue weighted by atomic mass is 35.5. The van der Waals surface area contributed by atoms with E-state index >= 15 is 0 Å². The average molecular weight is 388 g/mol. The van der Waals surface area contributed by atoms with Crippen molar-refractivity contribution in [2.75, 3.05) is 5.32 Å². The summed E-state index contributed by atoms with van der Waals surface area (Å²) in [6, 6.07) is 22.9. The number of hydrogen-bond acceptors (Lipinski definition) is 1. The van der Waals surface area contributed by atoms with Crippen LogP contribution in [0.5, 0.6) is 0 Å². The Labute approximate surface area is 170 Å². The molecule has 3 aromatic carbocycles. The van der Waals surface area contributed by atoms with Crippen LogP contribution in [-0.4, -0.2) is 5.91 Å². The van der Waals surface area contributed by atoms with E-state index < -0.39 is 5.41 Å². The maximum absolute atomic E-state index is 13.6. The molecule has 3 aliphatic rings. The number of anilines is 1. The average Bonchev–Trinajstić information content (AvgIpc) is 2.71. The van der Waals surface area contributed by atoms with E-state index in [0.29, 0.717) is 5.02 Å². The molecular weight excluding hydrogens is 366 g/mol. The van der Waals surface area contributed by atoms with Crippen molar-refractivity contribution in [1.29, 1.82) is 0 Å². The Bertz CT molecular complexity index is 1060. The number of hydrogen-bond donors (Lipinski definition) is 1. The lowest BCUT2D eigenvalue weighted by molar-refractivity contribution is -0.126. The van der Waals surface area contributed by atoms with Crippen molar-refractivity contribution >= 4 is 23.2 Å². The van der Waals surface area contributed by atoms with Crippen LogP contribution in [0.25, 0.3) is 0 Å². The van der Waals surface area contributed by atoms with Gasteiger partial charge in [0, 0.05) is 22.5 Å². The van der Waals surface area contributed by atoms with Crippen molar-refractivity contribution in [3.63, 3.8) is 0 Å². The third-order valence-electron chi connectivity index (χ3n) is 6.66. The van der Waals surface area contributed by atoms with Gasteiger partial charge in [0.15, 0.2) is 0 Å². The highest BCUT2D eigenvalue weighted by Crippen LogP contribution is 2.61. The topological polar surface area (TPSA) is 29.1 Å². The molecule has 28 heavy (non-hydrogen) atoms. The summed E-state index contributed by atoms with van der Waals surface area (Å²) < 4.78 is 0. The van der Waals surface area contributed by atoms with E-state index in [1.807, 2.05) is 25.1 Å². The first-order valence-electron chi connectivity index (χ1n) is 9.75. The quantitative estimate of drug-likeness (QED) is 0.551. The Morgan fingerprint density at radius 1 is 0.929 bits per heavy atom. The number of rotatable bonds is 2. The molecule has 0 saturated carbocycles. The van der Waals surface area contributed by atoms with Crippen LogP contribution >= 0.6 is 11.6 Å². The lowest BCUT2D eigenvalue weighted by Gasteiger charge is -2.50. The maximum Gasteiger partial charge on any atom is 0.231 e. The van der Waals surface area contributed by atoms with E-state index in [0.717, 1.165) is 17.7 Å². The molecule has 0 spiro atoms.